The molecule has 1 aromatic heterocycles. The van der Waals surface area contributed by atoms with Crippen molar-refractivity contribution in [3.63, 3.8) is 0 Å². The molecule has 0 aliphatic carbocycles. The number of hydrogen-bond donors (Lipinski definition) is 0. The highest BCUT2D eigenvalue weighted by atomic mass is 15.1. The smallest absolute Gasteiger partial charge is 0.0667 e. The zero-order valence-corrected chi connectivity index (χ0v) is 15.6. The maximum absolute atomic E-state index is 4.98. The maximum atomic E-state index is 4.98. The number of aliphatic imine (C=N–C) groups is 1. The molecule has 5 rings (SSSR count). The van der Waals surface area contributed by atoms with Gasteiger partial charge in [0.15, 0.2) is 0 Å². The molecule has 3 heterocycles. The highest BCUT2D eigenvalue weighted by Gasteiger charge is 2.30. The summed E-state index contributed by atoms with van der Waals surface area (Å²) in [5, 5.41) is 1.42. The minimum absolute atomic E-state index is 0.505. The van der Waals surface area contributed by atoms with Crippen LogP contribution < -0.4 is 0 Å². The Kier molecular flexibility index (Phi) is 3.71. The van der Waals surface area contributed by atoms with Gasteiger partial charge in [0, 0.05) is 47.7 Å². The van der Waals surface area contributed by atoms with E-state index in [-0.39, 0.29) is 0 Å². The first-order chi connectivity index (χ1) is 12.7. The molecule has 0 fully saturated rings. The Hall–Kier alpha value is -2.39. The van der Waals surface area contributed by atoms with Gasteiger partial charge in [-0.3, -0.25) is 4.99 Å². The number of aryl methyl sites for hydroxylation is 1. The molecule has 0 spiro atoms. The summed E-state index contributed by atoms with van der Waals surface area (Å²) in [6.45, 7) is 2.04. The van der Waals surface area contributed by atoms with Crippen LogP contribution in [0.2, 0.25) is 0 Å². The third kappa shape index (κ3) is 2.42. The number of hydrogen-bond acceptors (Lipinski definition) is 2. The van der Waals surface area contributed by atoms with E-state index in [4.69, 9.17) is 4.99 Å². The first-order valence-corrected chi connectivity index (χ1v) is 9.62. The van der Waals surface area contributed by atoms with Gasteiger partial charge in [-0.05, 0) is 50.2 Å². The molecule has 1 atom stereocenters. The Labute approximate surface area is 155 Å². The zero-order chi connectivity index (χ0) is 17.7. The van der Waals surface area contributed by atoms with Crippen LogP contribution >= 0.6 is 0 Å². The van der Waals surface area contributed by atoms with Crippen molar-refractivity contribution in [2.75, 3.05) is 14.1 Å². The van der Waals surface area contributed by atoms with Gasteiger partial charge in [0.2, 0.25) is 0 Å². The van der Waals surface area contributed by atoms with Gasteiger partial charge in [-0.2, -0.15) is 0 Å². The second-order valence-electron chi connectivity index (χ2n) is 7.84. The fourth-order valence-electron chi connectivity index (χ4n) is 4.82. The van der Waals surface area contributed by atoms with Crippen molar-refractivity contribution >= 4 is 22.3 Å². The van der Waals surface area contributed by atoms with E-state index in [0.29, 0.717) is 5.92 Å². The summed E-state index contributed by atoms with van der Waals surface area (Å²) in [4.78, 5) is 7.27. The summed E-state index contributed by atoms with van der Waals surface area (Å²) >= 11 is 0. The molecule has 0 saturated carbocycles. The normalized spacial score (nSPS) is 18.9. The van der Waals surface area contributed by atoms with Crippen molar-refractivity contribution in [1.82, 2.24) is 9.47 Å². The van der Waals surface area contributed by atoms with Crippen molar-refractivity contribution < 1.29 is 0 Å². The lowest BCUT2D eigenvalue weighted by atomic mass is 9.88. The van der Waals surface area contributed by atoms with Gasteiger partial charge in [-0.25, -0.2) is 0 Å². The average Bonchev–Trinajstić information content (AvgIpc) is 3.11. The molecule has 1 unspecified atom stereocenters. The van der Waals surface area contributed by atoms with Gasteiger partial charge in [-0.15, -0.1) is 0 Å². The SMILES string of the molecule is CN(C)Cc1c2n(c3ccccc13)CCC1=Nc3ccccc3C1CC2. The van der Waals surface area contributed by atoms with Crippen LogP contribution in [0, 0.1) is 0 Å². The molecular weight excluding hydrogens is 318 g/mol. The monoisotopic (exact) mass is 343 g/mol. The molecule has 132 valence electrons. The standard InChI is InChI=1S/C23H25N3/c1-25(2)15-19-18-8-4-6-10-22(18)26-14-13-21-17(11-12-23(19)26)16-7-3-5-9-20(16)24-21/h3-10,17H,11-15H2,1-2H3. The molecular formula is C23H25N3. The molecule has 3 heteroatoms. The zero-order valence-electron chi connectivity index (χ0n) is 15.6. The lowest BCUT2D eigenvalue weighted by Gasteiger charge is -2.22. The van der Waals surface area contributed by atoms with E-state index in [1.54, 1.807) is 0 Å². The molecule has 3 nitrogen and oxygen atoms in total. The fraction of sp³-hybridized carbons (Fsp3) is 0.348. The molecule has 2 aliphatic heterocycles. The minimum atomic E-state index is 0.505. The van der Waals surface area contributed by atoms with E-state index >= 15 is 0 Å². The summed E-state index contributed by atoms with van der Waals surface area (Å²) in [6.07, 6.45) is 3.33. The molecule has 26 heavy (non-hydrogen) atoms. The van der Waals surface area contributed by atoms with Gasteiger partial charge in [0.25, 0.3) is 0 Å². The number of benzene rings is 2. The lowest BCUT2D eigenvalue weighted by molar-refractivity contribution is 0.401. The Balaban J connectivity index is 1.61. The van der Waals surface area contributed by atoms with Crippen molar-refractivity contribution in [2.24, 2.45) is 4.99 Å². The fourth-order valence-corrected chi connectivity index (χ4v) is 4.82. The topological polar surface area (TPSA) is 20.5 Å². The summed E-state index contributed by atoms with van der Waals surface area (Å²) < 4.78 is 2.57. The lowest BCUT2D eigenvalue weighted by Crippen LogP contribution is -2.19. The highest BCUT2D eigenvalue weighted by molar-refractivity contribution is 5.98. The second kappa shape index (κ2) is 6.10. The van der Waals surface area contributed by atoms with E-state index in [1.165, 1.54) is 39.1 Å². The van der Waals surface area contributed by atoms with Crippen LogP contribution in [0.5, 0.6) is 0 Å². The molecule has 0 saturated heterocycles. The summed E-state index contributed by atoms with van der Waals surface area (Å²) in [7, 11) is 4.33. The molecule has 0 radical (unpaired) electrons. The van der Waals surface area contributed by atoms with Crippen LogP contribution in [0.3, 0.4) is 0 Å². The molecule has 0 amide bonds. The Morgan fingerprint density at radius 3 is 2.73 bits per heavy atom. The van der Waals surface area contributed by atoms with E-state index in [0.717, 1.165) is 32.4 Å². The highest BCUT2D eigenvalue weighted by Crippen LogP contribution is 2.41. The number of nitrogens with zero attached hydrogens (tertiary/aromatic N) is 3. The van der Waals surface area contributed by atoms with Crippen LogP contribution in [-0.2, 0) is 19.5 Å². The van der Waals surface area contributed by atoms with E-state index in [9.17, 15) is 0 Å². The molecule has 2 aromatic carbocycles. The number of aromatic nitrogens is 1. The molecule has 0 bridgehead atoms. The average molecular weight is 343 g/mol. The summed E-state index contributed by atoms with van der Waals surface area (Å²) in [6, 6.07) is 17.6. The third-order valence-corrected chi connectivity index (χ3v) is 5.91. The Bertz CT molecular complexity index is 1010. The first kappa shape index (κ1) is 15.8. The largest absolute Gasteiger partial charge is 0.344 e. The van der Waals surface area contributed by atoms with Crippen molar-refractivity contribution in [2.45, 2.75) is 38.3 Å². The van der Waals surface area contributed by atoms with Gasteiger partial charge >= 0.3 is 0 Å². The number of fused-ring (bicyclic) bond motifs is 6. The van der Waals surface area contributed by atoms with Gasteiger partial charge in [0.05, 0.1) is 5.69 Å². The van der Waals surface area contributed by atoms with E-state index in [2.05, 4.69) is 72.1 Å². The molecule has 3 aromatic rings. The quantitative estimate of drug-likeness (QED) is 0.647. The summed E-state index contributed by atoms with van der Waals surface area (Å²) in [5.74, 6) is 0.505. The van der Waals surface area contributed by atoms with Crippen LogP contribution in [0.15, 0.2) is 53.5 Å². The van der Waals surface area contributed by atoms with Crippen molar-refractivity contribution in [3.05, 3.63) is 65.4 Å². The van der Waals surface area contributed by atoms with E-state index in [1.807, 2.05) is 0 Å². The van der Waals surface area contributed by atoms with Gasteiger partial charge < -0.3 is 9.47 Å². The predicted octanol–water partition coefficient (Wildman–Crippen LogP) is 4.91. The minimum Gasteiger partial charge on any atom is -0.344 e. The first-order valence-electron chi connectivity index (χ1n) is 9.62. The van der Waals surface area contributed by atoms with Gasteiger partial charge in [-0.1, -0.05) is 36.4 Å². The second-order valence-corrected chi connectivity index (χ2v) is 7.84. The van der Waals surface area contributed by atoms with Crippen LogP contribution in [0.4, 0.5) is 5.69 Å². The number of rotatable bonds is 2. The Morgan fingerprint density at radius 2 is 1.85 bits per heavy atom. The van der Waals surface area contributed by atoms with E-state index < -0.39 is 0 Å². The van der Waals surface area contributed by atoms with Crippen molar-refractivity contribution in [3.8, 4) is 0 Å². The van der Waals surface area contributed by atoms with Crippen LogP contribution in [0.1, 0.15) is 35.6 Å². The third-order valence-electron chi connectivity index (χ3n) is 5.91. The van der Waals surface area contributed by atoms with Crippen molar-refractivity contribution in [1.29, 1.82) is 0 Å². The van der Waals surface area contributed by atoms with Crippen LogP contribution in [0.25, 0.3) is 10.9 Å². The number of para-hydroxylation sites is 2. The van der Waals surface area contributed by atoms with Crippen LogP contribution in [-0.4, -0.2) is 29.3 Å². The maximum Gasteiger partial charge on any atom is 0.0667 e. The van der Waals surface area contributed by atoms with Gasteiger partial charge in [0.1, 0.15) is 0 Å². The molecule has 0 N–H and O–H groups in total. The summed E-state index contributed by atoms with van der Waals surface area (Å²) in [5.41, 5.74) is 8.43. The Morgan fingerprint density at radius 1 is 1.04 bits per heavy atom. The molecule has 2 aliphatic rings. The predicted molar refractivity (Wildman–Crippen MR) is 109 cm³/mol.